The minimum atomic E-state index is -0.499. The van der Waals surface area contributed by atoms with Gasteiger partial charge in [0.25, 0.3) is 5.91 Å². The number of carbonyl (C=O) groups excluding carboxylic acids is 3. The van der Waals surface area contributed by atoms with E-state index in [0.29, 0.717) is 17.1 Å². The van der Waals surface area contributed by atoms with Gasteiger partial charge in [-0.15, -0.1) is 11.3 Å². The number of amides is 3. The molecule has 1 heterocycles. The van der Waals surface area contributed by atoms with Crippen molar-refractivity contribution in [2.75, 3.05) is 25.0 Å². The first kappa shape index (κ1) is 21.4. The maximum absolute atomic E-state index is 12.5. The van der Waals surface area contributed by atoms with Crippen LogP contribution in [0.2, 0.25) is 0 Å². The fourth-order valence-corrected chi connectivity index (χ4v) is 4.54. The average Bonchev–Trinajstić information content (AvgIpc) is 2.89. The van der Waals surface area contributed by atoms with Gasteiger partial charge in [-0.1, -0.05) is 6.92 Å². The molecule has 150 valence electrons. The Kier molecular flexibility index (Phi) is 7.00. The predicted octanol–water partition coefficient (Wildman–Crippen LogP) is 1.90. The standard InChI is InChI=1S/C19H30N4O3S/c1-5-23(11-15(25)22-19(2,3)4)10-14(24)21-18-16(17(20)26)12-8-6-7-9-13(12)27-18/h5-11H2,1-4H3,(H2,20,26)(H,21,24)(H,22,25). The van der Waals surface area contributed by atoms with Crippen LogP contribution in [0.1, 0.15) is 61.3 Å². The van der Waals surface area contributed by atoms with Gasteiger partial charge in [-0.3, -0.25) is 19.3 Å². The second-order valence-corrected chi connectivity index (χ2v) is 9.03. The molecular formula is C19H30N4O3S. The van der Waals surface area contributed by atoms with Gasteiger partial charge in [-0.25, -0.2) is 0 Å². The maximum Gasteiger partial charge on any atom is 0.251 e. The molecule has 0 aliphatic heterocycles. The zero-order valence-corrected chi connectivity index (χ0v) is 17.4. The summed E-state index contributed by atoms with van der Waals surface area (Å²) in [6.07, 6.45) is 3.87. The van der Waals surface area contributed by atoms with Crippen molar-refractivity contribution in [2.24, 2.45) is 5.73 Å². The molecule has 4 N–H and O–H groups in total. The second kappa shape index (κ2) is 8.84. The summed E-state index contributed by atoms with van der Waals surface area (Å²) >= 11 is 1.44. The van der Waals surface area contributed by atoms with E-state index in [-0.39, 0.29) is 30.4 Å². The van der Waals surface area contributed by atoms with Crippen molar-refractivity contribution < 1.29 is 14.4 Å². The van der Waals surface area contributed by atoms with E-state index < -0.39 is 5.91 Å². The smallest absolute Gasteiger partial charge is 0.251 e. The van der Waals surface area contributed by atoms with Crippen molar-refractivity contribution in [3.8, 4) is 0 Å². The first-order valence-electron chi connectivity index (χ1n) is 9.38. The zero-order valence-electron chi connectivity index (χ0n) is 16.6. The van der Waals surface area contributed by atoms with E-state index in [2.05, 4.69) is 10.6 Å². The summed E-state index contributed by atoms with van der Waals surface area (Å²) in [7, 11) is 0. The van der Waals surface area contributed by atoms with E-state index in [1.54, 1.807) is 4.90 Å². The third kappa shape index (κ3) is 6.04. The van der Waals surface area contributed by atoms with Crippen LogP contribution in [-0.2, 0) is 22.4 Å². The SMILES string of the molecule is CCN(CC(=O)Nc1sc2c(c1C(N)=O)CCCC2)CC(=O)NC(C)(C)C. The van der Waals surface area contributed by atoms with Crippen molar-refractivity contribution in [2.45, 2.75) is 58.9 Å². The summed E-state index contributed by atoms with van der Waals surface area (Å²) in [5.74, 6) is -0.871. The highest BCUT2D eigenvalue weighted by Gasteiger charge is 2.25. The van der Waals surface area contributed by atoms with Crippen molar-refractivity contribution >= 4 is 34.1 Å². The highest BCUT2D eigenvalue weighted by Crippen LogP contribution is 2.37. The molecule has 0 bridgehead atoms. The lowest BCUT2D eigenvalue weighted by molar-refractivity contribution is -0.124. The summed E-state index contributed by atoms with van der Waals surface area (Å²) in [5.41, 5.74) is 6.70. The van der Waals surface area contributed by atoms with E-state index in [4.69, 9.17) is 5.73 Å². The first-order valence-corrected chi connectivity index (χ1v) is 10.2. The van der Waals surface area contributed by atoms with Crippen molar-refractivity contribution in [1.82, 2.24) is 10.2 Å². The molecule has 2 rings (SSSR count). The largest absolute Gasteiger partial charge is 0.365 e. The number of hydrogen-bond donors (Lipinski definition) is 3. The normalized spacial score (nSPS) is 14.0. The van der Waals surface area contributed by atoms with Gasteiger partial charge in [0.15, 0.2) is 0 Å². The van der Waals surface area contributed by atoms with Gasteiger partial charge in [0.1, 0.15) is 5.00 Å². The molecule has 8 heteroatoms. The number of nitrogens with zero attached hydrogens (tertiary/aromatic N) is 1. The highest BCUT2D eigenvalue weighted by molar-refractivity contribution is 7.17. The fraction of sp³-hybridized carbons (Fsp3) is 0.632. The quantitative estimate of drug-likeness (QED) is 0.657. The number of primary amides is 1. The third-order valence-electron chi connectivity index (χ3n) is 4.37. The number of hydrogen-bond acceptors (Lipinski definition) is 5. The van der Waals surface area contributed by atoms with E-state index in [9.17, 15) is 14.4 Å². The lowest BCUT2D eigenvalue weighted by Crippen LogP contribution is -2.47. The molecule has 1 aromatic heterocycles. The molecule has 0 aromatic carbocycles. The van der Waals surface area contributed by atoms with Crippen LogP contribution in [0.5, 0.6) is 0 Å². The Morgan fingerprint density at radius 3 is 2.33 bits per heavy atom. The first-order chi connectivity index (χ1) is 12.6. The van der Waals surface area contributed by atoms with Crippen LogP contribution in [0.3, 0.4) is 0 Å². The lowest BCUT2D eigenvalue weighted by Gasteiger charge is -2.24. The van der Waals surface area contributed by atoms with Crippen LogP contribution < -0.4 is 16.4 Å². The number of thiophene rings is 1. The van der Waals surface area contributed by atoms with Gasteiger partial charge in [0, 0.05) is 10.4 Å². The Morgan fingerprint density at radius 2 is 1.74 bits per heavy atom. The van der Waals surface area contributed by atoms with Crippen LogP contribution >= 0.6 is 11.3 Å². The van der Waals surface area contributed by atoms with Crippen LogP contribution in [0, 0.1) is 0 Å². The van der Waals surface area contributed by atoms with Gasteiger partial charge < -0.3 is 16.4 Å². The Bertz CT molecular complexity index is 721. The van der Waals surface area contributed by atoms with Gasteiger partial charge >= 0.3 is 0 Å². The molecule has 0 saturated heterocycles. The molecule has 0 unspecified atom stereocenters. The number of anilines is 1. The Morgan fingerprint density at radius 1 is 1.11 bits per heavy atom. The lowest BCUT2D eigenvalue weighted by atomic mass is 9.95. The third-order valence-corrected chi connectivity index (χ3v) is 5.57. The molecule has 0 fully saturated rings. The van der Waals surface area contributed by atoms with Crippen LogP contribution in [0.15, 0.2) is 0 Å². The van der Waals surface area contributed by atoms with Crippen molar-refractivity contribution in [3.63, 3.8) is 0 Å². The molecule has 0 radical (unpaired) electrons. The minimum absolute atomic E-state index is 0.0782. The number of rotatable bonds is 7. The summed E-state index contributed by atoms with van der Waals surface area (Å²) < 4.78 is 0. The molecule has 0 saturated carbocycles. The Balaban J connectivity index is 2.03. The van der Waals surface area contributed by atoms with Crippen LogP contribution in [0.4, 0.5) is 5.00 Å². The highest BCUT2D eigenvalue weighted by atomic mass is 32.1. The van der Waals surface area contributed by atoms with Crippen molar-refractivity contribution in [1.29, 1.82) is 0 Å². The van der Waals surface area contributed by atoms with E-state index >= 15 is 0 Å². The molecular weight excluding hydrogens is 364 g/mol. The van der Waals surface area contributed by atoms with Gasteiger partial charge in [0.05, 0.1) is 18.7 Å². The van der Waals surface area contributed by atoms with Gasteiger partial charge in [0.2, 0.25) is 11.8 Å². The average molecular weight is 395 g/mol. The summed E-state index contributed by atoms with van der Waals surface area (Å²) in [4.78, 5) is 39.4. The number of nitrogens with two attached hydrogens (primary N) is 1. The fourth-order valence-electron chi connectivity index (χ4n) is 3.22. The van der Waals surface area contributed by atoms with Crippen LogP contribution in [-0.4, -0.2) is 47.8 Å². The zero-order chi connectivity index (χ0) is 20.2. The number of carbonyl (C=O) groups is 3. The molecule has 3 amide bonds. The number of likely N-dealkylation sites (N-methyl/N-ethyl adjacent to an activating group) is 1. The van der Waals surface area contributed by atoms with Crippen LogP contribution in [0.25, 0.3) is 0 Å². The molecule has 1 aliphatic rings. The molecule has 0 atom stereocenters. The van der Waals surface area contributed by atoms with Crippen molar-refractivity contribution in [3.05, 3.63) is 16.0 Å². The molecule has 27 heavy (non-hydrogen) atoms. The number of aryl methyl sites for hydroxylation is 1. The molecule has 1 aliphatic carbocycles. The number of fused-ring (bicyclic) bond motifs is 1. The van der Waals surface area contributed by atoms with E-state index in [1.807, 2.05) is 27.7 Å². The Labute approximate surface area is 164 Å². The van der Waals surface area contributed by atoms with Gasteiger partial charge in [-0.05, 0) is 58.6 Å². The minimum Gasteiger partial charge on any atom is -0.365 e. The second-order valence-electron chi connectivity index (χ2n) is 7.93. The van der Waals surface area contributed by atoms with Gasteiger partial charge in [-0.2, -0.15) is 0 Å². The maximum atomic E-state index is 12.5. The summed E-state index contributed by atoms with van der Waals surface area (Å²) in [6.45, 7) is 8.43. The summed E-state index contributed by atoms with van der Waals surface area (Å²) in [6, 6.07) is 0. The molecule has 1 aromatic rings. The summed E-state index contributed by atoms with van der Waals surface area (Å²) in [5, 5.41) is 6.27. The topological polar surface area (TPSA) is 105 Å². The Hall–Kier alpha value is -1.93. The van der Waals surface area contributed by atoms with E-state index in [1.165, 1.54) is 11.3 Å². The predicted molar refractivity (Wildman–Crippen MR) is 108 cm³/mol. The molecule has 7 nitrogen and oxygen atoms in total. The monoisotopic (exact) mass is 394 g/mol. The van der Waals surface area contributed by atoms with E-state index in [0.717, 1.165) is 36.1 Å². The number of nitrogens with one attached hydrogen (secondary N) is 2. The molecule has 0 spiro atoms.